The molecule has 1 N–H and O–H groups in total. The molecule has 2 aromatic carbocycles. The lowest BCUT2D eigenvalue weighted by atomic mass is 9.86. The minimum Gasteiger partial charge on any atom is -0.366 e. The van der Waals surface area contributed by atoms with Gasteiger partial charge in [0.05, 0.1) is 10.4 Å². The van der Waals surface area contributed by atoms with Crippen LogP contribution in [0.5, 0.6) is 0 Å². The number of hydrogen-bond donors (Lipinski definition) is 1. The monoisotopic (exact) mass is 449 g/mol. The fourth-order valence-corrected chi connectivity index (χ4v) is 6.19. The highest BCUT2D eigenvalue weighted by Crippen LogP contribution is 2.32. The maximum absolute atomic E-state index is 13.6. The van der Waals surface area contributed by atoms with E-state index in [0.29, 0.717) is 23.3 Å². The van der Waals surface area contributed by atoms with E-state index in [9.17, 15) is 8.42 Å². The van der Waals surface area contributed by atoms with Crippen LogP contribution in [0.2, 0.25) is 0 Å². The molecule has 1 fully saturated rings. The van der Waals surface area contributed by atoms with Crippen LogP contribution < -0.4 is 5.32 Å². The molecule has 8 heteroatoms. The Hall–Kier alpha value is -3.00. The molecular weight excluding hydrogens is 422 g/mol. The fourth-order valence-electron chi connectivity index (χ4n) is 4.64. The third-order valence-corrected chi connectivity index (χ3v) is 8.34. The second-order valence-electron chi connectivity index (χ2n) is 8.89. The van der Waals surface area contributed by atoms with Crippen molar-refractivity contribution in [2.24, 2.45) is 5.92 Å². The van der Waals surface area contributed by atoms with Crippen molar-refractivity contribution in [3.8, 4) is 0 Å². The normalized spacial score (nSPS) is 19.5. The first kappa shape index (κ1) is 20.9. The van der Waals surface area contributed by atoms with Crippen LogP contribution in [0.25, 0.3) is 16.6 Å². The van der Waals surface area contributed by atoms with Crippen molar-refractivity contribution in [2.45, 2.75) is 62.4 Å². The summed E-state index contributed by atoms with van der Waals surface area (Å²) in [6.07, 6.45) is 4.69. The van der Waals surface area contributed by atoms with Crippen LogP contribution in [0.3, 0.4) is 0 Å². The highest BCUT2D eigenvalue weighted by molar-refractivity contribution is 7.91. The number of anilines is 1. The standard InChI is InChI=1S/C24H27N5O2S/c1-15-12-13-17(3)21(14-15)32(30,31)24-23-26-22(25-19-10-6-4-8-16(19)2)18-9-5-7-11-20(18)29(23)28-27-24/h5,7,9,11-14,16,19H,4,6,8,10H2,1-3H3,(H,25,26). The second kappa shape index (κ2) is 7.85. The lowest BCUT2D eigenvalue weighted by Crippen LogP contribution is -2.30. The van der Waals surface area contributed by atoms with Crippen LogP contribution >= 0.6 is 0 Å². The summed E-state index contributed by atoms with van der Waals surface area (Å²) in [7, 11) is -3.89. The molecule has 32 heavy (non-hydrogen) atoms. The first-order valence-electron chi connectivity index (χ1n) is 11.1. The predicted molar refractivity (Wildman–Crippen MR) is 125 cm³/mol. The lowest BCUT2D eigenvalue weighted by molar-refractivity contribution is 0.349. The van der Waals surface area contributed by atoms with Crippen LogP contribution in [0.15, 0.2) is 52.4 Å². The van der Waals surface area contributed by atoms with Gasteiger partial charge in [0.15, 0.2) is 5.65 Å². The summed E-state index contributed by atoms with van der Waals surface area (Å²) in [6, 6.07) is 13.5. The number of hydrogen-bond acceptors (Lipinski definition) is 6. The van der Waals surface area contributed by atoms with Gasteiger partial charge >= 0.3 is 0 Å². The van der Waals surface area contributed by atoms with Crippen molar-refractivity contribution in [3.63, 3.8) is 0 Å². The van der Waals surface area contributed by atoms with Crippen molar-refractivity contribution < 1.29 is 8.42 Å². The molecule has 1 aliphatic rings. The largest absolute Gasteiger partial charge is 0.366 e. The van der Waals surface area contributed by atoms with Crippen molar-refractivity contribution in [2.75, 3.05) is 5.32 Å². The molecule has 0 radical (unpaired) electrons. The zero-order valence-corrected chi connectivity index (χ0v) is 19.4. The van der Waals surface area contributed by atoms with Gasteiger partial charge in [0.25, 0.3) is 0 Å². The van der Waals surface area contributed by atoms with Gasteiger partial charge in [-0.05, 0) is 61.9 Å². The summed E-state index contributed by atoms with van der Waals surface area (Å²) in [5.41, 5.74) is 2.57. The van der Waals surface area contributed by atoms with Crippen LogP contribution in [-0.2, 0) is 9.84 Å². The van der Waals surface area contributed by atoms with Gasteiger partial charge in [0.2, 0.25) is 14.9 Å². The van der Waals surface area contributed by atoms with E-state index in [0.717, 1.165) is 22.9 Å². The third-order valence-electron chi connectivity index (χ3n) is 6.54. The molecule has 1 aliphatic carbocycles. The van der Waals surface area contributed by atoms with E-state index in [-0.39, 0.29) is 15.6 Å². The van der Waals surface area contributed by atoms with E-state index in [1.54, 1.807) is 13.0 Å². The number of nitrogens with one attached hydrogen (secondary N) is 1. The molecule has 0 amide bonds. The van der Waals surface area contributed by atoms with Crippen molar-refractivity contribution in [1.82, 2.24) is 19.8 Å². The Balaban J connectivity index is 1.71. The van der Waals surface area contributed by atoms with E-state index in [4.69, 9.17) is 4.98 Å². The Morgan fingerprint density at radius 2 is 1.84 bits per heavy atom. The van der Waals surface area contributed by atoms with E-state index >= 15 is 0 Å². The van der Waals surface area contributed by atoms with Crippen molar-refractivity contribution >= 4 is 32.2 Å². The number of para-hydroxylation sites is 1. The summed E-state index contributed by atoms with van der Waals surface area (Å²) >= 11 is 0. The van der Waals surface area contributed by atoms with E-state index in [2.05, 4.69) is 22.6 Å². The summed E-state index contributed by atoms with van der Waals surface area (Å²) in [4.78, 5) is 5.02. The second-order valence-corrected chi connectivity index (χ2v) is 10.7. The van der Waals surface area contributed by atoms with Crippen molar-refractivity contribution in [3.05, 3.63) is 53.6 Å². The fraction of sp³-hybridized carbons (Fsp3) is 0.375. The summed E-state index contributed by atoms with van der Waals surface area (Å²) in [6.45, 7) is 5.92. The Labute approximate surface area is 187 Å². The van der Waals surface area contributed by atoms with Crippen LogP contribution in [-0.4, -0.2) is 34.3 Å². The average molecular weight is 450 g/mol. The minimum absolute atomic E-state index is 0.114. The van der Waals surface area contributed by atoms with E-state index in [1.165, 1.54) is 23.8 Å². The Kier molecular flexibility index (Phi) is 5.12. The summed E-state index contributed by atoms with van der Waals surface area (Å²) in [5.74, 6) is 1.22. The van der Waals surface area contributed by atoms with Gasteiger partial charge in [0.1, 0.15) is 5.82 Å². The highest BCUT2D eigenvalue weighted by atomic mass is 32.2. The van der Waals surface area contributed by atoms with Gasteiger partial charge < -0.3 is 5.32 Å². The molecule has 5 rings (SSSR count). The molecule has 0 saturated heterocycles. The summed E-state index contributed by atoms with van der Waals surface area (Å²) < 4.78 is 28.7. The zero-order valence-electron chi connectivity index (χ0n) is 18.5. The molecule has 166 valence electrons. The molecule has 2 aromatic heterocycles. The quantitative estimate of drug-likeness (QED) is 0.485. The Bertz CT molecular complexity index is 1430. The van der Waals surface area contributed by atoms with Gasteiger partial charge in [-0.2, -0.15) is 4.52 Å². The molecular formula is C24H27N5O2S. The number of benzene rings is 2. The van der Waals surface area contributed by atoms with Gasteiger partial charge in [-0.1, -0.05) is 49.2 Å². The van der Waals surface area contributed by atoms with E-state index < -0.39 is 9.84 Å². The van der Waals surface area contributed by atoms with Gasteiger partial charge in [0, 0.05) is 11.4 Å². The third kappa shape index (κ3) is 3.43. The Morgan fingerprint density at radius 1 is 1.06 bits per heavy atom. The minimum atomic E-state index is -3.89. The molecule has 1 saturated carbocycles. The number of rotatable bonds is 4. The highest BCUT2D eigenvalue weighted by Gasteiger charge is 2.29. The molecule has 4 aromatic rings. The summed E-state index contributed by atoms with van der Waals surface area (Å²) in [5, 5.41) is 12.7. The van der Waals surface area contributed by atoms with Crippen molar-refractivity contribution in [1.29, 1.82) is 0 Å². The molecule has 2 heterocycles. The van der Waals surface area contributed by atoms with E-state index in [1.807, 2.05) is 43.3 Å². The molecule has 0 aliphatic heterocycles. The molecule has 2 unspecified atom stereocenters. The van der Waals surface area contributed by atoms with Gasteiger partial charge in [-0.3, -0.25) is 0 Å². The van der Waals surface area contributed by atoms with Crippen LogP contribution in [0, 0.1) is 19.8 Å². The molecule has 0 bridgehead atoms. The van der Waals surface area contributed by atoms with Gasteiger partial charge in [-0.25, -0.2) is 13.4 Å². The molecule has 0 spiro atoms. The SMILES string of the molecule is Cc1ccc(C)c(S(=O)(=O)c2nnn3c2nc(NC2CCCCC2C)c2ccccc23)c1. The average Bonchev–Trinajstić information content (AvgIpc) is 3.22. The first-order valence-corrected chi connectivity index (χ1v) is 12.6. The number of nitrogens with zero attached hydrogens (tertiary/aromatic N) is 4. The first-order chi connectivity index (χ1) is 15.4. The predicted octanol–water partition coefficient (Wildman–Crippen LogP) is 4.72. The number of sulfone groups is 1. The Morgan fingerprint density at radius 3 is 2.66 bits per heavy atom. The number of aryl methyl sites for hydroxylation is 2. The lowest BCUT2D eigenvalue weighted by Gasteiger charge is -2.30. The molecule has 7 nitrogen and oxygen atoms in total. The van der Waals surface area contributed by atoms with Crippen LogP contribution in [0.4, 0.5) is 5.82 Å². The maximum Gasteiger partial charge on any atom is 0.229 e. The number of fused-ring (bicyclic) bond motifs is 3. The zero-order chi connectivity index (χ0) is 22.5. The van der Waals surface area contributed by atoms with Crippen LogP contribution in [0.1, 0.15) is 43.7 Å². The maximum atomic E-state index is 13.6. The van der Waals surface area contributed by atoms with Gasteiger partial charge in [-0.15, -0.1) is 5.10 Å². The smallest absolute Gasteiger partial charge is 0.229 e. The molecule has 2 atom stereocenters. The topological polar surface area (TPSA) is 89.2 Å². The number of aromatic nitrogens is 4.